The summed E-state index contributed by atoms with van der Waals surface area (Å²) >= 11 is 0. The van der Waals surface area contributed by atoms with E-state index in [9.17, 15) is 0 Å². The molecule has 56 heavy (non-hydrogen) atoms. The van der Waals surface area contributed by atoms with Gasteiger partial charge in [0.05, 0.1) is 39.0 Å². The fraction of sp³-hybridized carbons (Fsp3) is 0. The molecule has 4 heteroatoms. The number of nitrogens with zero attached hydrogens (tertiary/aromatic N) is 4. The Morgan fingerprint density at radius 3 is 1.68 bits per heavy atom. The van der Waals surface area contributed by atoms with E-state index in [2.05, 4.69) is 191 Å². The van der Waals surface area contributed by atoms with Crippen LogP contribution in [0.1, 0.15) is 0 Å². The minimum Gasteiger partial charge on any atom is -0.309 e. The molecular formula is C52H34N4. The van der Waals surface area contributed by atoms with Gasteiger partial charge in [-0.15, -0.1) is 0 Å². The van der Waals surface area contributed by atoms with Gasteiger partial charge >= 0.3 is 0 Å². The molecule has 0 spiro atoms. The molecule has 0 unspecified atom stereocenters. The van der Waals surface area contributed by atoms with Crippen molar-refractivity contribution in [1.82, 2.24) is 19.1 Å². The average molecular weight is 715 g/mol. The molecule has 262 valence electrons. The SMILES string of the molecule is c1ccc(-c2cc(-c3ccc(-n4c5ccccc5c5cccc(-c6ccc7c8ncccc8n(-c8ccccc8)c7c6)c54)cc3)cc(-c3ccccc3)n2)cc1. The van der Waals surface area contributed by atoms with E-state index >= 15 is 0 Å². The maximum absolute atomic E-state index is 5.11. The van der Waals surface area contributed by atoms with Crippen LogP contribution in [0.25, 0.3) is 99.9 Å². The Morgan fingerprint density at radius 1 is 0.339 bits per heavy atom. The summed E-state index contributed by atoms with van der Waals surface area (Å²) in [5, 5.41) is 3.59. The van der Waals surface area contributed by atoms with E-state index in [-0.39, 0.29) is 0 Å². The summed E-state index contributed by atoms with van der Waals surface area (Å²) in [5.41, 5.74) is 16.5. The third kappa shape index (κ3) is 5.23. The van der Waals surface area contributed by atoms with Crippen molar-refractivity contribution in [3.8, 4) is 56.1 Å². The van der Waals surface area contributed by atoms with Crippen LogP contribution in [-0.4, -0.2) is 19.1 Å². The van der Waals surface area contributed by atoms with Gasteiger partial charge in [0, 0.05) is 50.4 Å². The van der Waals surface area contributed by atoms with Crippen LogP contribution in [0, 0.1) is 0 Å². The van der Waals surface area contributed by atoms with Crippen molar-refractivity contribution in [3.05, 3.63) is 206 Å². The lowest BCUT2D eigenvalue weighted by Gasteiger charge is -2.14. The maximum Gasteiger partial charge on any atom is 0.0963 e. The molecule has 0 N–H and O–H groups in total. The topological polar surface area (TPSA) is 35.6 Å². The Bertz CT molecular complexity index is 3160. The second-order valence-electron chi connectivity index (χ2n) is 14.2. The Kier molecular flexibility index (Phi) is 7.46. The fourth-order valence-corrected chi connectivity index (χ4v) is 8.39. The predicted octanol–water partition coefficient (Wildman–Crippen LogP) is 13.3. The third-order valence-corrected chi connectivity index (χ3v) is 11.0. The quantitative estimate of drug-likeness (QED) is 0.172. The van der Waals surface area contributed by atoms with Gasteiger partial charge in [-0.2, -0.15) is 0 Å². The standard InChI is InChI=1S/C52H34N4/c1-4-14-36(15-5-1)46-32-39(33-47(54-46)37-16-6-2-7-17-37)35-25-28-41(29-26-35)56-48-23-11-10-20-43(48)44-22-12-21-42(52(44)56)38-27-30-45-50(34-38)55(40-18-8-3-9-19-40)49-24-13-31-53-51(45)49/h1-34H. The highest BCUT2D eigenvalue weighted by atomic mass is 15.0. The molecule has 7 aromatic carbocycles. The summed E-state index contributed by atoms with van der Waals surface area (Å²) < 4.78 is 4.76. The first-order valence-electron chi connectivity index (χ1n) is 19.0. The number of rotatable bonds is 6. The van der Waals surface area contributed by atoms with Gasteiger partial charge in [-0.05, 0) is 83.4 Å². The molecule has 0 aliphatic rings. The molecule has 11 aromatic rings. The zero-order chi connectivity index (χ0) is 37.0. The lowest BCUT2D eigenvalue weighted by atomic mass is 9.99. The molecule has 0 saturated carbocycles. The molecule has 4 heterocycles. The Hall–Kier alpha value is -7.56. The molecule has 0 amide bonds. The van der Waals surface area contributed by atoms with Gasteiger partial charge in [0.2, 0.25) is 0 Å². The summed E-state index contributed by atoms with van der Waals surface area (Å²) in [5.74, 6) is 0. The number of para-hydroxylation sites is 3. The van der Waals surface area contributed by atoms with Crippen LogP contribution in [0.2, 0.25) is 0 Å². The van der Waals surface area contributed by atoms with E-state index < -0.39 is 0 Å². The molecule has 11 rings (SSSR count). The maximum atomic E-state index is 5.11. The molecule has 4 aromatic heterocycles. The first-order valence-corrected chi connectivity index (χ1v) is 19.0. The smallest absolute Gasteiger partial charge is 0.0963 e. The molecule has 0 atom stereocenters. The van der Waals surface area contributed by atoms with E-state index in [1.54, 1.807) is 0 Å². The normalized spacial score (nSPS) is 11.6. The lowest BCUT2D eigenvalue weighted by molar-refractivity contribution is 1.17. The van der Waals surface area contributed by atoms with Crippen LogP contribution < -0.4 is 0 Å². The van der Waals surface area contributed by atoms with E-state index in [4.69, 9.17) is 9.97 Å². The van der Waals surface area contributed by atoms with Gasteiger partial charge in [0.25, 0.3) is 0 Å². The first kappa shape index (κ1) is 31.9. The van der Waals surface area contributed by atoms with E-state index in [0.717, 1.165) is 72.5 Å². The van der Waals surface area contributed by atoms with Gasteiger partial charge < -0.3 is 9.13 Å². The van der Waals surface area contributed by atoms with Gasteiger partial charge in [-0.3, -0.25) is 4.98 Å². The van der Waals surface area contributed by atoms with Crippen molar-refractivity contribution < 1.29 is 0 Å². The summed E-state index contributed by atoms with van der Waals surface area (Å²) in [6, 6.07) is 71.3. The number of pyridine rings is 2. The zero-order valence-corrected chi connectivity index (χ0v) is 30.4. The van der Waals surface area contributed by atoms with Crippen molar-refractivity contribution in [3.63, 3.8) is 0 Å². The number of fused-ring (bicyclic) bond motifs is 6. The average Bonchev–Trinajstić information content (AvgIpc) is 3.80. The van der Waals surface area contributed by atoms with Gasteiger partial charge in [0.1, 0.15) is 0 Å². The van der Waals surface area contributed by atoms with Crippen LogP contribution in [-0.2, 0) is 0 Å². The highest BCUT2D eigenvalue weighted by Gasteiger charge is 2.19. The van der Waals surface area contributed by atoms with Crippen LogP contribution in [0.15, 0.2) is 206 Å². The number of hydrogen-bond acceptors (Lipinski definition) is 2. The first-order chi connectivity index (χ1) is 27.8. The Balaban J connectivity index is 1.09. The molecule has 0 fully saturated rings. The van der Waals surface area contributed by atoms with Crippen LogP contribution in [0.5, 0.6) is 0 Å². The van der Waals surface area contributed by atoms with Crippen LogP contribution >= 0.6 is 0 Å². The van der Waals surface area contributed by atoms with E-state index in [1.807, 2.05) is 24.4 Å². The van der Waals surface area contributed by atoms with Gasteiger partial charge in [-0.1, -0.05) is 133 Å². The highest BCUT2D eigenvalue weighted by Crippen LogP contribution is 2.41. The van der Waals surface area contributed by atoms with Gasteiger partial charge in [-0.25, -0.2) is 4.98 Å². The third-order valence-electron chi connectivity index (χ3n) is 11.0. The van der Waals surface area contributed by atoms with Crippen molar-refractivity contribution >= 4 is 43.7 Å². The number of aromatic nitrogens is 4. The minimum atomic E-state index is 0.956. The second kappa shape index (κ2) is 13.1. The summed E-state index contributed by atoms with van der Waals surface area (Å²) in [7, 11) is 0. The molecular weight excluding hydrogens is 681 g/mol. The monoisotopic (exact) mass is 714 g/mol. The molecule has 0 aliphatic carbocycles. The molecule has 0 radical (unpaired) electrons. The molecule has 0 saturated heterocycles. The largest absolute Gasteiger partial charge is 0.309 e. The van der Waals surface area contributed by atoms with E-state index in [0.29, 0.717) is 0 Å². The van der Waals surface area contributed by atoms with Gasteiger partial charge in [0.15, 0.2) is 0 Å². The van der Waals surface area contributed by atoms with Crippen molar-refractivity contribution in [1.29, 1.82) is 0 Å². The summed E-state index contributed by atoms with van der Waals surface area (Å²) in [6.45, 7) is 0. The van der Waals surface area contributed by atoms with Crippen LogP contribution in [0.3, 0.4) is 0 Å². The zero-order valence-electron chi connectivity index (χ0n) is 30.4. The lowest BCUT2D eigenvalue weighted by Crippen LogP contribution is -1.96. The van der Waals surface area contributed by atoms with Crippen LogP contribution in [0.4, 0.5) is 0 Å². The van der Waals surface area contributed by atoms with Crippen molar-refractivity contribution in [2.24, 2.45) is 0 Å². The number of hydrogen-bond donors (Lipinski definition) is 0. The molecule has 4 nitrogen and oxygen atoms in total. The Morgan fingerprint density at radius 2 is 0.946 bits per heavy atom. The fourth-order valence-electron chi connectivity index (χ4n) is 8.39. The summed E-state index contributed by atoms with van der Waals surface area (Å²) in [6.07, 6.45) is 1.88. The summed E-state index contributed by atoms with van der Waals surface area (Å²) in [4.78, 5) is 9.94. The van der Waals surface area contributed by atoms with Crippen molar-refractivity contribution in [2.45, 2.75) is 0 Å². The molecule has 0 aliphatic heterocycles. The predicted molar refractivity (Wildman–Crippen MR) is 232 cm³/mol. The molecule has 0 bridgehead atoms. The second-order valence-corrected chi connectivity index (χ2v) is 14.2. The minimum absolute atomic E-state index is 0.956. The Labute approximate surface area is 324 Å². The highest BCUT2D eigenvalue weighted by molar-refractivity contribution is 6.15. The van der Waals surface area contributed by atoms with E-state index in [1.165, 1.54) is 27.4 Å². The van der Waals surface area contributed by atoms with Crippen molar-refractivity contribution in [2.75, 3.05) is 0 Å². The number of benzene rings is 7.